The number of carbonyl (C=O) groups excluding carboxylic acids is 1. The zero-order valence-electron chi connectivity index (χ0n) is 14.9. The first-order chi connectivity index (χ1) is 14.2. The van der Waals surface area contributed by atoms with Crippen LogP contribution in [0.15, 0.2) is 70.8 Å². The molecule has 0 saturated carbocycles. The van der Waals surface area contributed by atoms with Gasteiger partial charge in [-0.1, -0.05) is 36.4 Å². The zero-order valence-corrected chi connectivity index (χ0v) is 15.7. The SMILES string of the molecule is O=C1Nc2ccccc2[C@]12Nc1ccccc1-c1nc(=O)c(-c3cccs3)nn12. The van der Waals surface area contributed by atoms with Crippen LogP contribution in [0.1, 0.15) is 5.56 Å². The molecule has 0 fully saturated rings. The van der Waals surface area contributed by atoms with Crippen LogP contribution in [0.25, 0.3) is 22.0 Å². The van der Waals surface area contributed by atoms with E-state index < -0.39 is 11.2 Å². The van der Waals surface area contributed by atoms with E-state index in [4.69, 9.17) is 0 Å². The zero-order chi connectivity index (χ0) is 19.6. The molecule has 2 aliphatic heterocycles. The van der Waals surface area contributed by atoms with Crippen LogP contribution in [0.4, 0.5) is 11.4 Å². The fraction of sp³-hybridized carbons (Fsp3) is 0.0476. The maximum Gasteiger partial charge on any atom is 0.300 e. The Hall–Kier alpha value is -3.78. The summed E-state index contributed by atoms with van der Waals surface area (Å²) in [6.07, 6.45) is 0. The third-order valence-corrected chi connectivity index (χ3v) is 6.14. The van der Waals surface area contributed by atoms with E-state index >= 15 is 0 Å². The lowest BCUT2D eigenvalue weighted by Crippen LogP contribution is -2.53. The molecule has 7 nitrogen and oxygen atoms in total. The number of fused-ring (bicyclic) bond motifs is 6. The molecule has 1 spiro atoms. The van der Waals surface area contributed by atoms with Crippen molar-refractivity contribution in [1.82, 2.24) is 14.8 Å². The van der Waals surface area contributed by atoms with Gasteiger partial charge in [-0.2, -0.15) is 10.1 Å². The molecule has 4 aromatic rings. The van der Waals surface area contributed by atoms with Crippen molar-refractivity contribution in [3.63, 3.8) is 0 Å². The van der Waals surface area contributed by atoms with Crippen LogP contribution in [-0.2, 0) is 10.5 Å². The summed E-state index contributed by atoms with van der Waals surface area (Å²) < 4.78 is 1.55. The average molecular weight is 399 g/mol. The Bertz CT molecular complexity index is 1360. The van der Waals surface area contributed by atoms with E-state index in [1.807, 2.05) is 66.0 Å². The number of rotatable bonds is 1. The number of amides is 1. The second-order valence-corrected chi connectivity index (χ2v) is 7.81. The molecular formula is C21H13N5O2S. The predicted octanol–water partition coefficient (Wildman–Crippen LogP) is 3.11. The number of nitrogens with zero attached hydrogens (tertiary/aromatic N) is 3. The van der Waals surface area contributed by atoms with Gasteiger partial charge in [0.2, 0.25) is 5.66 Å². The lowest BCUT2D eigenvalue weighted by molar-refractivity contribution is -0.121. The largest absolute Gasteiger partial charge is 0.349 e. The Labute approximate surface area is 168 Å². The maximum absolute atomic E-state index is 13.3. The summed E-state index contributed by atoms with van der Waals surface area (Å²) in [5.41, 5.74) is 1.35. The highest BCUT2D eigenvalue weighted by Gasteiger charge is 2.53. The highest BCUT2D eigenvalue weighted by Crippen LogP contribution is 2.45. The molecule has 4 heterocycles. The van der Waals surface area contributed by atoms with Crippen LogP contribution in [-0.4, -0.2) is 20.7 Å². The minimum atomic E-state index is -1.33. The molecule has 0 unspecified atom stereocenters. The molecule has 2 N–H and O–H groups in total. The number of carbonyl (C=O) groups is 1. The molecule has 0 radical (unpaired) electrons. The first kappa shape index (κ1) is 16.2. The Morgan fingerprint density at radius 2 is 1.72 bits per heavy atom. The fourth-order valence-electron chi connectivity index (χ4n) is 3.97. The lowest BCUT2D eigenvalue weighted by atomic mass is 9.96. The van der Waals surface area contributed by atoms with Gasteiger partial charge in [0.15, 0.2) is 11.5 Å². The highest BCUT2D eigenvalue weighted by atomic mass is 32.1. The van der Waals surface area contributed by atoms with Gasteiger partial charge in [-0.3, -0.25) is 9.59 Å². The van der Waals surface area contributed by atoms with Crippen LogP contribution < -0.4 is 16.2 Å². The summed E-state index contributed by atoms with van der Waals surface area (Å²) in [7, 11) is 0. The molecule has 1 amide bonds. The summed E-state index contributed by atoms with van der Waals surface area (Å²) in [6, 6.07) is 18.6. The Kier molecular flexibility index (Phi) is 3.14. The van der Waals surface area contributed by atoms with E-state index in [0.29, 0.717) is 16.4 Å². The van der Waals surface area contributed by atoms with Crippen LogP contribution in [0.5, 0.6) is 0 Å². The van der Waals surface area contributed by atoms with Gasteiger partial charge in [0.05, 0.1) is 4.88 Å². The van der Waals surface area contributed by atoms with Crippen LogP contribution >= 0.6 is 11.3 Å². The predicted molar refractivity (Wildman–Crippen MR) is 111 cm³/mol. The molecule has 29 heavy (non-hydrogen) atoms. The minimum absolute atomic E-state index is 0.224. The van der Waals surface area contributed by atoms with E-state index in [2.05, 4.69) is 20.7 Å². The van der Waals surface area contributed by atoms with Gasteiger partial charge >= 0.3 is 5.56 Å². The van der Waals surface area contributed by atoms with Gasteiger partial charge in [-0.05, 0) is 29.6 Å². The first-order valence-electron chi connectivity index (χ1n) is 9.03. The first-order valence-corrected chi connectivity index (χ1v) is 9.91. The third kappa shape index (κ3) is 2.06. The molecule has 2 aromatic carbocycles. The Morgan fingerprint density at radius 3 is 2.55 bits per heavy atom. The van der Waals surface area contributed by atoms with Crippen LogP contribution in [0, 0.1) is 0 Å². The third-order valence-electron chi connectivity index (χ3n) is 5.26. The summed E-state index contributed by atoms with van der Waals surface area (Å²) >= 11 is 1.41. The summed E-state index contributed by atoms with van der Waals surface area (Å²) in [4.78, 5) is 31.2. The monoisotopic (exact) mass is 399 g/mol. The highest BCUT2D eigenvalue weighted by molar-refractivity contribution is 7.13. The maximum atomic E-state index is 13.3. The van der Waals surface area contributed by atoms with Gasteiger partial charge in [-0.15, -0.1) is 11.3 Å². The van der Waals surface area contributed by atoms with Crippen molar-refractivity contribution in [2.24, 2.45) is 0 Å². The van der Waals surface area contributed by atoms with E-state index in [0.717, 1.165) is 16.8 Å². The quantitative estimate of drug-likeness (QED) is 0.513. The molecule has 2 aromatic heterocycles. The number of anilines is 2. The lowest BCUT2D eigenvalue weighted by Gasteiger charge is -2.37. The van der Waals surface area contributed by atoms with Crippen LogP contribution in [0.2, 0.25) is 0 Å². The molecule has 2 aliphatic rings. The van der Waals surface area contributed by atoms with Gasteiger partial charge < -0.3 is 10.6 Å². The standard InChI is InChI=1S/C21H13N5O2S/c27-19-17(16-10-5-11-29-16)25-26-18(23-19)12-6-1-3-8-14(12)24-21(26)13-7-2-4-9-15(13)22-20(21)28/h1-11,24H,(H,22,28)/t21-/m1/s1. The number of para-hydroxylation sites is 2. The summed E-state index contributed by atoms with van der Waals surface area (Å²) in [6.45, 7) is 0. The average Bonchev–Trinajstić information content (AvgIpc) is 3.36. The van der Waals surface area contributed by atoms with Crippen molar-refractivity contribution in [3.8, 4) is 22.0 Å². The summed E-state index contributed by atoms with van der Waals surface area (Å²) in [5.74, 6) is 0.0843. The van der Waals surface area contributed by atoms with Gasteiger partial charge in [0, 0.05) is 22.5 Å². The number of aromatic nitrogens is 3. The Morgan fingerprint density at radius 1 is 0.931 bits per heavy atom. The van der Waals surface area contributed by atoms with Crippen molar-refractivity contribution in [3.05, 3.63) is 82.0 Å². The second kappa shape index (κ2) is 5.62. The van der Waals surface area contributed by atoms with E-state index in [-0.39, 0.29) is 11.6 Å². The van der Waals surface area contributed by atoms with Gasteiger partial charge in [-0.25, -0.2) is 4.68 Å². The van der Waals surface area contributed by atoms with Crippen molar-refractivity contribution >= 4 is 28.6 Å². The Balaban J connectivity index is 1.74. The number of nitrogens with one attached hydrogen (secondary N) is 2. The molecule has 1 atom stereocenters. The number of hydrogen-bond donors (Lipinski definition) is 2. The fourth-order valence-corrected chi connectivity index (χ4v) is 4.68. The van der Waals surface area contributed by atoms with Crippen LogP contribution in [0.3, 0.4) is 0 Å². The smallest absolute Gasteiger partial charge is 0.300 e. The number of benzene rings is 2. The molecule has 8 heteroatoms. The molecule has 0 aliphatic carbocycles. The number of hydrogen-bond acceptors (Lipinski definition) is 6. The molecular weight excluding hydrogens is 386 g/mol. The van der Waals surface area contributed by atoms with Gasteiger partial charge in [0.1, 0.15) is 0 Å². The molecule has 6 rings (SSSR count). The second-order valence-electron chi connectivity index (χ2n) is 6.86. The minimum Gasteiger partial charge on any atom is -0.349 e. The van der Waals surface area contributed by atoms with E-state index in [9.17, 15) is 9.59 Å². The molecule has 140 valence electrons. The molecule has 0 saturated heterocycles. The van der Waals surface area contributed by atoms with Crippen molar-refractivity contribution in [2.75, 3.05) is 10.6 Å². The normalized spacial score (nSPS) is 18.6. The van der Waals surface area contributed by atoms with Crippen molar-refractivity contribution in [1.29, 1.82) is 0 Å². The topological polar surface area (TPSA) is 88.9 Å². The van der Waals surface area contributed by atoms with E-state index in [1.165, 1.54) is 11.3 Å². The van der Waals surface area contributed by atoms with E-state index in [1.54, 1.807) is 4.68 Å². The summed E-state index contributed by atoms with van der Waals surface area (Å²) in [5, 5.41) is 12.9. The van der Waals surface area contributed by atoms with Crippen molar-refractivity contribution < 1.29 is 4.79 Å². The number of thiophene rings is 1. The van der Waals surface area contributed by atoms with Crippen molar-refractivity contribution in [2.45, 2.75) is 5.66 Å². The van der Waals surface area contributed by atoms with Gasteiger partial charge in [0.25, 0.3) is 5.91 Å². The molecule has 0 bridgehead atoms.